The van der Waals surface area contributed by atoms with Gasteiger partial charge in [0.1, 0.15) is 6.26 Å². The first-order valence-corrected chi connectivity index (χ1v) is 6.62. The summed E-state index contributed by atoms with van der Waals surface area (Å²) in [7, 11) is 0. The van der Waals surface area contributed by atoms with Crippen LogP contribution in [0.25, 0.3) is 11.4 Å². The molecular formula is C14H12ClN3O3. The van der Waals surface area contributed by atoms with Crippen molar-refractivity contribution in [3.63, 3.8) is 0 Å². The van der Waals surface area contributed by atoms with Crippen LogP contribution in [0.3, 0.4) is 0 Å². The largest absolute Gasteiger partial charge is 0.472 e. The van der Waals surface area contributed by atoms with Crippen molar-refractivity contribution in [3.05, 3.63) is 53.3 Å². The Balaban J connectivity index is 1.71. The first kappa shape index (κ1) is 13.7. The second-order valence-electron chi connectivity index (χ2n) is 4.35. The minimum Gasteiger partial charge on any atom is -0.472 e. The van der Waals surface area contributed by atoms with Crippen LogP contribution in [0.4, 0.5) is 5.69 Å². The smallest absolute Gasteiger partial charge is 0.246 e. The number of nitrogens with one attached hydrogen (secondary N) is 1. The highest BCUT2D eigenvalue weighted by Gasteiger charge is 2.10. The molecule has 0 aliphatic heterocycles. The molecule has 21 heavy (non-hydrogen) atoms. The van der Waals surface area contributed by atoms with Gasteiger partial charge in [-0.3, -0.25) is 0 Å². The lowest BCUT2D eigenvalue weighted by Gasteiger charge is -2.07. The Morgan fingerprint density at radius 3 is 2.95 bits per heavy atom. The highest BCUT2D eigenvalue weighted by molar-refractivity contribution is 6.33. The summed E-state index contributed by atoms with van der Waals surface area (Å²) in [5.74, 6) is 0.896. The third-order valence-electron chi connectivity index (χ3n) is 2.89. The summed E-state index contributed by atoms with van der Waals surface area (Å²) < 4.78 is 10.1. The van der Waals surface area contributed by atoms with Gasteiger partial charge in [0.15, 0.2) is 0 Å². The van der Waals surface area contributed by atoms with Crippen LogP contribution in [0, 0.1) is 0 Å². The van der Waals surface area contributed by atoms with Crippen molar-refractivity contribution < 1.29 is 14.0 Å². The molecule has 0 spiro atoms. The molecule has 0 unspecified atom stereocenters. The molecule has 0 fully saturated rings. The fourth-order valence-corrected chi connectivity index (χ4v) is 2.00. The highest BCUT2D eigenvalue weighted by atomic mass is 35.5. The van der Waals surface area contributed by atoms with Crippen molar-refractivity contribution in [2.45, 2.75) is 13.2 Å². The van der Waals surface area contributed by atoms with E-state index in [1.807, 2.05) is 0 Å². The molecule has 0 aliphatic carbocycles. The fraction of sp³-hybridized carbons (Fsp3) is 0.143. The van der Waals surface area contributed by atoms with E-state index in [1.165, 1.54) is 0 Å². The summed E-state index contributed by atoms with van der Waals surface area (Å²) >= 11 is 6.08. The van der Waals surface area contributed by atoms with Gasteiger partial charge >= 0.3 is 0 Å². The van der Waals surface area contributed by atoms with E-state index in [4.69, 9.17) is 25.6 Å². The van der Waals surface area contributed by atoms with Gasteiger partial charge < -0.3 is 19.4 Å². The minimum absolute atomic E-state index is 0.0446. The van der Waals surface area contributed by atoms with Crippen LogP contribution in [0.2, 0.25) is 5.02 Å². The summed E-state index contributed by atoms with van der Waals surface area (Å²) in [5.41, 5.74) is 2.23. The molecule has 0 atom stereocenters. The predicted molar refractivity (Wildman–Crippen MR) is 76.7 cm³/mol. The molecule has 0 saturated carbocycles. The molecular weight excluding hydrogens is 294 g/mol. The van der Waals surface area contributed by atoms with Crippen molar-refractivity contribution in [1.29, 1.82) is 0 Å². The third kappa shape index (κ3) is 3.07. The third-order valence-corrected chi connectivity index (χ3v) is 3.22. The molecule has 0 bridgehead atoms. The monoisotopic (exact) mass is 305 g/mol. The lowest BCUT2D eigenvalue weighted by atomic mass is 10.2. The van der Waals surface area contributed by atoms with Gasteiger partial charge in [-0.2, -0.15) is 4.98 Å². The van der Waals surface area contributed by atoms with Crippen LogP contribution in [0.1, 0.15) is 11.5 Å². The standard InChI is InChI=1S/C14H12ClN3O3/c15-11-2-1-9(7-19)5-12(11)16-6-13-17-14(18-21-13)10-3-4-20-8-10/h1-5,8,16,19H,6-7H2. The molecule has 2 heterocycles. The molecule has 2 aromatic heterocycles. The zero-order valence-electron chi connectivity index (χ0n) is 10.9. The first-order chi connectivity index (χ1) is 10.3. The van der Waals surface area contributed by atoms with Gasteiger partial charge in [0.25, 0.3) is 0 Å². The number of halogens is 1. The van der Waals surface area contributed by atoms with Gasteiger partial charge in [-0.1, -0.05) is 22.8 Å². The number of aliphatic hydroxyl groups is 1. The van der Waals surface area contributed by atoms with Crippen LogP contribution in [0.5, 0.6) is 0 Å². The summed E-state index contributed by atoms with van der Waals surface area (Å²) in [6.07, 6.45) is 3.09. The van der Waals surface area contributed by atoms with Crippen molar-refractivity contribution in [1.82, 2.24) is 10.1 Å². The Hall–Kier alpha value is -2.31. The van der Waals surface area contributed by atoms with E-state index >= 15 is 0 Å². The second kappa shape index (κ2) is 5.99. The van der Waals surface area contributed by atoms with E-state index in [9.17, 15) is 0 Å². The van der Waals surface area contributed by atoms with E-state index in [2.05, 4.69) is 15.5 Å². The molecule has 0 saturated heterocycles. The van der Waals surface area contributed by atoms with E-state index in [1.54, 1.807) is 36.8 Å². The Labute approximate surface area is 125 Å². The Kier molecular flexibility index (Phi) is 3.89. The number of aliphatic hydroxyl groups excluding tert-OH is 1. The number of aromatic nitrogens is 2. The average molecular weight is 306 g/mol. The van der Waals surface area contributed by atoms with Gasteiger partial charge in [-0.05, 0) is 23.8 Å². The molecule has 2 N–H and O–H groups in total. The number of benzene rings is 1. The molecule has 3 rings (SSSR count). The number of anilines is 1. The van der Waals surface area contributed by atoms with Gasteiger partial charge in [0, 0.05) is 0 Å². The molecule has 1 aromatic carbocycles. The van der Waals surface area contributed by atoms with E-state index in [0.29, 0.717) is 29.0 Å². The molecule has 108 valence electrons. The van der Waals surface area contributed by atoms with E-state index in [-0.39, 0.29) is 6.61 Å². The maximum absolute atomic E-state index is 9.13. The lowest BCUT2D eigenvalue weighted by molar-refractivity contribution is 0.282. The van der Waals surface area contributed by atoms with Gasteiger partial charge in [-0.15, -0.1) is 0 Å². The van der Waals surface area contributed by atoms with Crippen LogP contribution >= 0.6 is 11.6 Å². The van der Waals surface area contributed by atoms with Gasteiger partial charge in [0.2, 0.25) is 11.7 Å². The fourth-order valence-electron chi connectivity index (χ4n) is 1.81. The SMILES string of the molecule is OCc1ccc(Cl)c(NCc2nc(-c3ccoc3)no2)c1. The summed E-state index contributed by atoms with van der Waals surface area (Å²) in [6.45, 7) is 0.288. The Morgan fingerprint density at radius 1 is 1.29 bits per heavy atom. The predicted octanol–water partition coefficient (Wildman–Crippen LogP) is 3.09. The van der Waals surface area contributed by atoms with Gasteiger partial charge in [0.05, 0.1) is 35.7 Å². The van der Waals surface area contributed by atoms with E-state index in [0.717, 1.165) is 11.1 Å². The maximum Gasteiger partial charge on any atom is 0.246 e. The quantitative estimate of drug-likeness (QED) is 0.753. The topological polar surface area (TPSA) is 84.3 Å². The number of rotatable bonds is 5. The maximum atomic E-state index is 9.13. The summed E-state index contributed by atoms with van der Waals surface area (Å²) in [5, 5.41) is 16.7. The zero-order chi connectivity index (χ0) is 14.7. The molecule has 0 aliphatic rings. The Bertz CT molecular complexity index is 725. The lowest BCUT2D eigenvalue weighted by Crippen LogP contribution is -2.01. The normalized spacial score (nSPS) is 10.8. The van der Waals surface area contributed by atoms with Crippen LogP contribution in [0.15, 0.2) is 45.7 Å². The van der Waals surface area contributed by atoms with Gasteiger partial charge in [-0.25, -0.2) is 0 Å². The summed E-state index contributed by atoms with van der Waals surface area (Å²) in [4.78, 5) is 4.25. The number of hydrogen-bond donors (Lipinski definition) is 2. The average Bonchev–Trinajstić information content (AvgIpc) is 3.17. The molecule has 0 radical (unpaired) electrons. The molecule has 7 heteroatoms. The first-order valence-electron chi connectivity index (χ1n) is 6.24. The van der Waals surface area contributed by atoms with Crippen molar-refractivity contribution in [2.24, 2.45) is 0 Å². The zero-order valence-corrected chi connectivity index (χ0v) is 11.7. The van der Waals surface area contributed by atoms with Crippen LogP contribution in [-0.4, -0.2) is 15.2 Å². The van der Waals surface area contributed by atoms with E-state index < -0.39 is 0 Å². The van der Waals surface area contributed by atoms with Crippen LogP contribution in [-0.2, 0) is 13.2 Å². The number of nitrogens with zero attached hydrogens (tertiary/aromatic N) is 2. The van der Waals surface area contributed by atoms with Crippen molar-refractivity contribution in [2.75, 3.05) is 5.32 Å². The minimum atomic E-state index is -0.0446. The number of furan rings is 1. The molecule has 6 nitrogen and oxygen atoms in total. The summed E-state index contributed by atoms with van der Waals surface area (Å²) in [6, 6.07) is 7.01. The highest BCUT2D eigenvalue weighted by Crippen LogP contribution is 2.24. The number of hydrogen-bond acceptors (Lipinski definition) is 6. The second-order valence-corrected chi connectivity index (χ2v) is 4.76. The molecule has 3 aromatic rings. The van der Waals surface area contributed by atoms with Crippen molar-refractivity contribution in [3.8, 4) is 11.4 Å². The van der Waals surface area contributed by atoms with Crippen molar-refractivity contribution >= 4 is 17.3 Å². The van der Waals surface area contributed by atoms with Crippen LogP contribution < -0.4 is 5.32 Å². The molecule has 0 amide bonds. The Morgan fingerprint density at radius 2 is 2.19 bits per heavy atom.